The second-order valence-electron chi connectivity index (χ2n) is 4.50. The first-order valence-corrected chi connectivity index (χ1v) is 7.99. The first-order chi connectivity index (χ1) is 9.92. The molecule has 0 saturated heterocycles. The van der Waals surface area contributed by atoms with E-state index in [4.69, 9.17) is 4.74 Å². The highest BCUT2D eigenvalue weighted by Crippen LogP contribution is 2.25. The minimum absolute atomic E-state index is 0.0297. The van der Waals surface area contributed by atoms with Crippen molar-refractivity contribution >= 4 is 27.6 Å². The number of carbonyl (C=O) groups excluding carboxylic acids is 2. The van der Waals surface area contributed by atoms with Crippen LogP contribution in [-0.4, -0.2) is 33.4 Å². The average molecular weight is 312 g/mol. The van der Waals surface area contributed by atoms with E-state index < -0.39 is 16.0 Å². The van der Waals surface area contributed by atoms with Gasteiger partial charge in [-0.1, -0.05) is 0 Å². The first kappa shape index (κ1) is 15.5. The number of carbonyl (C=O) groups is 2. The van der Waals surface area contributed by atoms with Gasteiger partial charge in [-0.3, -0.25) is 9.59 Å². The quantitative estimate of drug-likeness (QED) is 0.741. The molecule has 21 heavy (non-hydrogen) atoms. The third kappa shape index (κ3) is 3.79. The minimum Gasteiger partial charge on any atom is -0.466 e. The number of benzene rings is 1. The van der Waals surface area contributed by atoms with Gasteiger partial charge in [-0.25, -0.2) is 13.1 Å². The molecule has 2 N–H and O–H groups in total. The summed E-state index contributed by atoms with van der Waals surface area (Å²) in [7, 11) is -3.71. The van der Waals surface area contributed by atoms with Crippen LogP contribution in [0.3, 0.4) is 0 Å². The Morgan fingerprint density at radius 3 is 2.90 bits per heavy atom. The van der Waals surface area contributed by atoms with Crippen LogP contribution < -0.4 is 10.0 Å². The summed E-state index contributed by atoms with van der Waals surface area (Å²) in [5, 5.41) is 2.63. The lowest BCUT2D eigenvalue weighted by molar-refractivity contribution is -0.142. The molecule has 0 atom stereocenters. The van der Waals surface area contributed by atoms with E-state index in [1.165, 1.54) is 12.1 Å². The normalized spacial score (nSPS) is 13.7. The lowest BCUT2D eigenvalue weighted by Crippen LogP contribution is -2.26. The Morgan fingerprint density at radius 2 is 2.19 bits per heavy atom. The van der Waals surface area contributed by atoms with Crippen molar-refractivity contribution < 1.29 is 22.7 Å². The number of rotatable bonds is 6. The molecule has 0 aliphatic carbocycles. The highest BCUT2D eigenvalue weighted by Gasteiger charge is 2.21. The second-order valence-corrected chi connectivity index (χ2v) is 6.26. The van der Waals surface area contributed by atoms with Crippen molar-refractivity contribution in [1.29, 1.82) is 0 Å². The van der Waals surface area contributed by atoms with Gasteiger partial charge in [0.2, 0.25) is 15.9 Å². The van der Waals surface area contributed by atoms with Crippen LogP contribution in [0.4, 0.5) is 5.69 Å². The topological polar surface area (TPSA) is 102 Å². The summed E-state index contributed by atoms with van der Waals surface area (Å²) < 4.78 is 31.2. The van der Waals surface area contributed by atoms with Gasteiger partial charge in [-0.2, -0.15) is 0 Å². The lowest BCUT2D eigenvalue weighted by Gasteiger charge is -2.08. The van der Waals surface area contributed by atoms with Crippen molar-refractivity contribution in [3.8, 4) is 0 Å². The Balaban J connectivity index is 2.02. The van der Waals surface area contributed by atoms with Gasteiger partial charge in [0.15, 0.2) is 0 Å². The number of ether oxygens (including phenoxy) is 1. The van der Waals surface area contributed by atoms with E-state index in [-0.39, 0.29) is 36.8 Å². The minimum atomic E-state index is -3.71. The van der Waals surface area contributed by atoms with Gasteiger partial charge in [0.25, 0.3) is 0 Å². The summed E-state index contributed by atoms with van der Waals surface area (Å²) in [5.74, 6) is -0.612. The van der Waals surface area contributed by atoms with Crippen LogP contribution >= 0.6 is 0 Å². The van der Waals surface area contributed by atoms with Crippen LogP contribution in [0.2, 0.25) is 0 Å². The van der Waals surface area contributed by atoms with E-state index in [9.17, 15) is 18.0 Å². The fraction of sp³-hybridized carbons (Fsp3) is 0.385. The van der Waals surface area contributed by atoms with E-state index in [1.807, 2.05) is 0 Å². The SMILES string of the molecule is CCOC(=O)CCNS(=O)(=O)c1ccc2c(c1)CC(=O)N2. The molecule has 0 saturated carbocycles. The molecular weight excluding hydrogens is 296 g/mol. The molecule has 8 heteroatoms. The highest BCUT2D eigenvalue weighted by atomic mass is 32.2. The fourth-order valence-electron chi connectivity index (χ4n) is 1.98. The van der Waals surface area contributed by atoms with Crippen LogP contribution in [0.5, 0.6) is 0 Å². The maximum absolute atomic E-state index is 12.1. The van der Waals surface area contributed by atoms with Crippen LogP contribution in [-0.2, 0) is 30.8 Å². The predicted molar refractivity (Wildman–Crippen MR) is 75.2 cm³/mol. The van der Waals surface area contributed by atoms with Crippen LogP contribution in [0.15, 0.2) is 23.1 Å². The second kappa shape index (κ2) is 6.23. The molecule has 0 bridgehead atoms. The van der Waals surface area contributed by atoms with Gasteiger partial charge in [0, 0.05) is 12.2 Å². The zero-order chi connectivity index (χ0) is 15.5. The van der Waals surface area contributed by atoms with Crippen molar-refractivity contribution in [2.75, 3.05) is 18.5 Å². The zero-order valence-electron chi connectivity index (χ0n) is 11.5. The summed E-state index contributed by atoms with van der Waals surface area (Å²) in [4.78, 5) is 22.5. The summed E-state index contributed by atoms with van der Waals surface area (Å²) >= 11 is 0. The molecule has 1 heterocycles. The molecule has 1 aromatic carbocycles. The van der Waals surface area contributed by atoms with Crippen molar-refractivity contribution in [1.82, 2.24) is 4.72 Å². The van der Waals surface area contributed by atoms with Crippen molar-refractivity contribution in [3.63, 3.8) is 0 Å². The standard InChI is InChI=1S/C13H16N2O5S/c1-2-20-13(17)5-6-14-21(18,19)10-3-4-11-9(7-10)8-12(16)15-11/h3-4,7,14H,2,5-6,8H2,1H3,(H,15,16). The number of hydrogen-bond donors (Lipinski definition) is 2. The van der Waals surface area contributed by atoms with Crippen LogP contribution in [0.25, 0.3) is 0 Å². The molecule has 1 aromatic rings. The summed E-state index contributed by atoms with van der Waals surface area (Å²) in [6.07, 6.45) is 0.138. The maximum atomic E-state index is 12.1. The first-order valence-electron chi connectivity index (χ1n) is 6.50. The highest BCUT2D eigenvalue weighted by molar-refractivity contribution is 7.89. The monoisotopic (exact) mass is 312 g/mol. The Labute approximate surface area is 122 Å². The molecule has 0 radical (unpaired) electrons. The molecule has 114 valence electrons. The van der Waals surface area contributed by atoms with Crippen molar-refractivity contribution in [2.45, 2.75) is 24.7 Å². The molecule has 2 rings (SSSR count). The Hall–Kier alpha value is -1.93. The molecule has 7 nitrogen and oxygen atoms in total. The number of fused-ring (bicyclic) bond motifs is 1. The van der Waals surface area contributed by atoms with Gasteiger partial charge in [-0.05, 0) is 30.7 Å². The molecular formula is C13H16N2O5S. The predicted octanol–water partition coefficient (Wildman–Crippen LogP) is 0.413. The third-order valence-corrected chi connectivity index (χ3v) is 4.40. The van der Waals surface area contributed by atoms with Gasteiger partial charge in [0.05, 0.1) is 24.3 Å². The van der Waals surface area contributed by atoms with Crippen LogP contribution in [0.1, 0.15) is 18.9 Å². The lowest BCUT2D eigenvalue weighted by atomic mass is 10.2. The van der Waals surface area contributed by atoms with Gasteiger partial charge < -0.3 is 10.1 Å². The third-order valence-electron chi connectivity index (χ3n) is 2.94. The van der Waals surface area contributed by atoms with Gasteiger partial charge >= 0.3 is 5.97 Å². The number of amides is 1. The molecule has 1 aliphatic rings. The number of esters is 1. The van der Waals surface area contributed by atoms with Gasteiger partial charge in [0.1, 0.15) is 0 Å². The van der Waals surface area contributed by atoms with E-state index in [2.05, 4.69) is 10.0 Å². The van der Waals surface area contributed by atoms with E-state index in [0.717, 1.165) is 0 Å². The fourth-order valence-corrected chi connectivity index (χ4v) is 3.06. The Morgan fingerprint density at radius 1 is 1.43 bits per heavy atom. The molecule has 0 unspecified atom stereocenters. The molecule has 0 aromatic heterocycles. The number of sulfonamides is 1. The number of anilines is 1. The number of nitrogens with one attached hydrogen (secondary N) is 2. The van der Waals surface area contributed by atoms with Crippen molar-refractivity contribution in [2.24, 2.45) is 0 Å². The average Bonchev–Trinajstić information content (AvgIpc) is 2.77. The maximum Gasteiger partial charge on any atom is 0.307 e. The van der Waals surface area contributed by atoms with E-state index in [1.54, 1.807) is 13.0 Å². The van der Waals surface area contributed by atoms with E-state index >= 15 is 0 Å². The molecule has 0 spiro atoms. The van der Waals surface area contributed by atoms with Gasteiger partial charge in [-0.15, -0.1) is 0 Å². The van der Waals surface area contributed by atoms with Crippen LogP contribution in [0, 0.1) is 0 Å². The zero-order valence-corrected chi connectivity index (χ0v) is 12.3. The Kier molecular flexibility index (Phi) is 4.59. The molecule has 1 aliphatic heterocycles. The largest absolute Gasteiger partial charge is 0.466 e. The van der Waals surface area contributed by atoms with E-state index in [0.29, 0.717) is 11.3 Å². The molecule has 1 amide bonds. The molecule has 0 fully saturated rings. The summed E-state index contributed by atoms with van der Waals surface area (Å²) in [6, 6.07) is 4.43. The summed E-state index contributed by atoms with van der Waals surface area (Å²) in [5.41, 5.74) is 1.28. The smallest absolute Gasteiger partial charge is 0.307 e. The number of hydrogen-bond acceptors (Lipinski definition) is 5. The Bertz CT molecular complexity index is 669. The van der Waals surface area contributed by atoms with Crippen molar-refractivity contribution in [3.05, 3.63) is 23.8 Å². The summed E-state index contributed by atoms with van der Waals surface area (Å²) in [6.45, 7) is 1.91.